The molecule has 1 aromatic carbocycles. The van der Waals surface area contributed by atoms with Gasteiger partial charge in [0.1, 0.15) is 0 Å². The Kier molecular flexibility index (Phi) is 6.33. The third-order valence-corrected chi connectivity index (χ3v) is 6.40. The lowest BCUT2D eigenvalue weighted by Crippen LogP contribution is -2.46. The third-order valence-electron chi connectivity index (χ3n) is 5.44. The van der Waals surface area contributed by atoms with Crippen molar-refractivity contribution in [3.8, 4) is 0 Å². The standard InChI is InChI=1S/C19H28N2O2S/c1-11-12(2)14(4)17(15(5)13(11)3)9-24-10-18(22)20-21-19(23)16-7-6-8-16/h16H,6-10H2,1-5H3,(H,20,22)(H,21,23). The van der Waals surface area contributed by atoms with Gasteiger partial charge in [0.2, 0.25) is 11.8 Å². The molecule has 0 aromatic heterocycles. The Bertz CT molecular complexity index is 622. The molecule has 1 aliphatic rings. The molecule has 0 saturated heterocycles. The van der Waals surface area contributed by atoms with Crippen LogP contribution in [0.5, 0.6) is 0 Å². The van der Waals surface area contributed by atoms with Gasteiger partial charge < -0.3 is 0 Å². The molecule has 1 aliphatic carbocycles. The lowest BCUT2D eigenvalue weighted by molar-refractivity contribution is -0.132. The van der Waals surface area contributed by atoms with Crippen molar-refractivity contribution in [1.29, 1.82) is 0 Å². The molecule has 0 radical (unpaired) electrons. The molecule has 0 unspecified atom stereocenters. The maximum Gasteiger partial charge on any atom is 0.248 e. The summed E-state index contributed by atoms with van der Waals surface area (Å²) < 4.78 is 0. The molecule has 2 N–H and O–H groups in total. The predicted molar refractivity (Wildman–Crippen MR) is 99.9 cm³/mol. The minimum absolute atomic E-state index is 0.0592. The van der Waals surface area contributed by atoms with Crippen molar-refractivity contribution in [1.82, 2.24) is 10.9 Å². The summed E-state index contributed by atoms with van der Waals surface area (Å²) in [7, 11) is 0. The van der Waals surface area contributed by atoms with E-state index in [9.17, 15) is 9.59 Å². The van der Waals surface area contributed by atoms with Gasteiger partial charge in [0, 0.05) is 11.7 Å². The molecule has 5 heteroatoms. The lowest BCUT2D eigenvalue weighted by Gasteiger charge is -2.24. The summed E-state index contributed by atoms with van der Waals surface area (Å²) in [5.41, 5.74) is 13.1. The summed E-state index contributed by atoms with van der Waals surface area (Å²) in [6.45, 7) is 10.8. The summed E-state index contributed by atoms with van der Waals surface area (Å²) in [6, 6.07) is 0. The first-order valence-electron chi connectivity index (χ1n) is 8.55. The van der Waals surface area contributed by atoms with Gasteiger partial charge in [0.05, 0.1) is 5.75 Å². The first-order valence-corrected chi connectivity index (χ1v) is 9.70. The summed E-state index contributed by atoms with van der Waals surface area (Å²) in [6.07, 6.45) is 2.97. The number of nitrogens with one attached hydrogen (secondary N) is 2. The molecule has 2 rings (SSSR count). The van der Waals surface area contributed by atoms with Gasteiger partial charge in [0.25, 0.3) is 0 Å². The van der Waals surface area contributed by atoms with E-state index in [4.69, 9.17) is 0 Å². The van der Waals surface area contributed by atoms with E-state index in [-0.39, 0.29) is 17.7 Å². The number of benzene rings is 1. The van der Waals surface area contributed by atoms with E-state index in [2.05, 4.69) is 45.5 Å². The largest absolute Gasteiger partial charge is 0.273 e. The topological polar surface area (TPSA) is 58.2 Å². The van der Waals surface area contributed by atoms with Gasteiger partial charge in [-0.05, 0) is 80.8 Å². The Morgan fingerprint density at radius 2 is 1.46 bits per heavy atom. The lowest BCUT2D eigenvalue weighted by atomic mass is 9.85. The number of amides is 2. The van der Waals surface area contributed by atoms with E-state index in [0.717, 1.165) is 25.0 Å². The Morgan fingerprint density at radius 3 is 1.96 bits per heavy atom. The second-order valence-corrected chi connectivity index (χ2v) is 7.75. The average molecular weight is 349 g/mol. The van der Waals surface area contributed by atoms with Gasteiger partial charge in [-0.15, -0.1) is 11.8 Å². The van der Waals surface area contributed by atoms with Gasteiger partial charge in [-0.25, -0.2) is 0 Å². The van der Waals surface area contributed by atoms with E-state index in [1.807, 2.05) is 0 Å². The van der Waals surface area contributed by atoms with Crippen LogP contribution in [0.15, 0.2) is 0 Å². The predicted octanol–water partition coefficient (Wildman–Crippen LogP) is 3.41. The van der Waals surface area contributed by atoms with E-state index in [1.54, 1.807) is 11.8 Å². The Balaban J connectivity index is 1.83. The second kappa shape index (κ2) is 8.06. The van der Waals surface area contributed by atoms with Gasteiger partial charge in [-0.2, -0.15) is 0 Å². The zero-order valence-electron chi connectivity index (χ0n) is 15.3. The van der Waals surface area contributed by atoms with Gasteiger partial charge >= 0.3 is 0 Å². The molecule has 0 spiro atoms. The fourth-order valence-corrected chi connectivity index (χ4v) is 3.98. The first-order chi connectivity index (χ1) is 11.3. The second-order valence-electron chi connectivity index (χ2n) is 6.76. The number of carbonyl (C=O) groups excluding carboxylic acids is 2. The summed E-state index contributed by atoms with van der Waals surface area (Å²) in [5.74, 6) is 1.03. The molecule has 0 aliphatic heterocycles. The summed E-state index contributed by atoms with van der Waals surface area (Å²) >= 11 is 1.58. The average Bonchev–Trinajstić information content (AvgIpc) is 2.50. The number of hydrogen-bond donors (Lipinski definition) is 2. The highest BCUT2D eigenvalue weighted by Gasteiger charge is 2.25. The number of hydrazine groups is 1. The van der Waals surface area contributed by atoms with Crippen LogP contribution in [0.25, 0.3) is 0 Å². The molecule has 4 nitrogen and oxygen atoms in total. The van der Waals surface area contributed by atoms with Crippen LogP contribution in [-0.4, -0.2) is 17.6 Å². The molecule has 1 aromatic rings. The molecule has 132 valence electrons. The molecule has 0 atom stereocenters. The van der Waals surface area contributed by atoms with Crippen molar-refractivity contribution in [2.45, 2.75) is 59.6 Å². The van der Waals surface area contributed by atoms with Gasteiger partial charge in [0.15, 0.2) is 0 Å². The minimum Gasteiger partial charge on any atom is -0.273 e. The monoisotopic (exact) mass is 348 g/mol. The van der Waals surface area contributed by atoms with Crippen LogP contribution in [-0.2, 0) is 15.3 Å². The molecule has 0 heterocycles. The fraction of sp³-hybridized carbons (Fsp3) is 0.579. The number of thioether (sulfide) groups is 1. The third kappa shape index (κ3) is 4.12. The Morgan fingerprint density at radius 1 is 0.917 bits per heavy atom. The van der Waals surface area contributed by atoms with Crippen LogP contribution in [0.2, 0.25) is 0 Å². The maximum absolute atomic E-state index is 11.9. The smallest absolute Gasteiger partial charge is 0.248 e. The van der Waals surface area contributed by atoms with Crippen molar-refractivity contribution >= 4 is 23.6 Å². The molecule has 1 fully saturated rings. The highest BCUT2D eigenvalue weighted by Crippen LogP contribution is 2.29. The van der Waals surface area contributed by atoms with Crippen LogP contribution in [0.4, 0.5) is 0 Å². The first kappa shape index (κ1) is 18.8. The van der Waals surface area contributed by atoms with E-state index < -0.39 is 0 Å². The zero-order valence-corrected chi connectivity index (χ0v) is 16.2. The Hall–Kier alpha value is -1.49. The summed E-state index contributed by atoms with van der Waals surface area (Å²) in [4.78, 5) is 23.6. The van der Waals surface area contributed by atoms with Crippen molar-refractivity contribution in [2.75, 3.05) is 5.75 Å². The maximum atomic E-state index is 11.9. The zero-order chi connectivity index (χ0) is 17.9. The number of hydrogen-bond acceptors (Lipinski definition) is 3. The normalized spacial score (nSPS) is 14.2. The molecule has 1 saturated carbocycles. The van der Waals surface area contributed by atoms with Gasteiger partial charge in [-0.1, -0.05) is 6.42 Å². The van der Waals surface area contributed by atoms with Crippen molar-refractivity contribution in [3.63, 3.8) is 0 Å². The molecule has 24 heavy (non-hydrogen) atoms. The van der Waals surface area contributed by atoms with Crippen LogP contribution in [0.3, 0.4) is 0 Å². The summed E-state index contributed by atoms with van der Waals surface area (Å²) in [5, 5.41) is 0. The van der Waals surface area contributed by atoms with E-state index in [0.29, 0.717) is 5.75 Å². The van der Waals surface area contributed by atoms with Crippen LogP contribution in [0, 0.1) is 40.5 Å². The SMILES string of the molecule is Cc1c(C)c(C)c(CSCC(=O)NNC(=O)C2CCC2)c(C)c1C. The van der Waals surface area contributed by atoms with Crippen LogP contribution < -0.4 is 10.9 Å². The quantitative estimate of drug-likeness (QED) is 0.802. The number of carbonyl (C=O) groups is 2. The van der Waals surface area contributed by atoms with E-state index in [1.165, 1.54) is 33.4 Å². The molecule has 2 amide bonds. The highest BCUT2D eigenvalue weighted by atomic mass is 32.2. The minimum atomic E-state index is -0.150. The molecule has 0 bridgehead atoms. The van der Waals surface area contributed by atoms with Crippen LogP contribution in [0.1, 0.15) is 52.6 Å². The number of rotatable bonds is 5. The van der Waals surface area contributed by atoms with E-state index >= 15 is 0 Å². The highest BCUT2D eigenvalue weighted by molar-refractivity contribution is 7.99. The van der Waals surface area contributed by atoms with Gasteiger partial charge in [-0.3, -0.25) is 20.4 Å². The van der Waals surface area contributed by atoms with Crippen molar-refractivity contribution in [2.24, 2.45) is 5.92 Å². The fourth-order valence-electron chi connectivity index (χ4n) is 2.98. The Labute approximate surface area is 149 Å². The van der Waals surface area contributed by atoms with Crippen molar-refractivity contribution < 1.29 is 9.59 Å². The molecular formula is C19H28N2O2S. The molecular weight excluding hydrogens is 320 g/mol. The van der Waals surface area contributed by atoms with Crippen molar-refractivity contribution in [3.05, 3.63) is 33.4 Å². The van der Waals surface area contributed by atoms with Crippen LogP contribution >= 0.6 is 11.8 Å².